The monoisotopic (exact) mass is 214 g/mol. The van der Waals surface area contributed by atoms with Crippen LogP contribution in [0.2, 0.25) is 0 Å². The molecule has 0 saturated carbocycles. The van der Waals surface area contributed by atoms with Crippen molar-refractivity contribution in [3.05, 3.63) is 42.0 Å². The van der Waals surface area contributed by atoms with E-state index in [2.05, 4.69) is 25.6 Å². The van der Waals surface area contributed by atoms with Gasteiger partial charge in [-0.1, -0.05) is 47.6 Å². The van der Waals surface area contributed by atoms with E-state index in [1.165, 1.54) is 6.08 Å². The minimum atomic E-state index is -0.426. The molecule has 16 heavy (non-hydrogen) atoms. The van der Waals surface area contributed by atoms with Crippen LogP contribution >= 0.6 is 0 Å². The summed E-state index contributed by atoms with van der Waals surface area (Å²) in [6, 6.07) is 9.46. The van der Waals surface area contributed by atoms with Crippen LogP contribution < -0.4 is 5.11 Å². The van der Waals surface area contributed by atoms with Crippen molar-refractivity contribution in [1.82, 2.24) is 20.6 Å². The molecular weight excluding hydrogens is 206 g/mol. The average molecular weight is 214 g/mol. The molecule has 0 saturated heterocycles. The molecule has 0 unspecified atom stereocenters. The van der Waals surface area contributed by atoms with Crippen molar-refractivity contribution in [2.24, 2.45) is 4.99 Å². The molecule has 0 aliphatic rings. The maximum absolute atomic E-state index is 11.3. The first kappa shape index (κ1) is 10.0. The van der Waals surface area contributed by atoms with Gasteiger partial charge >= 0.3 is 0 Å². The van der Waals surface area contributed by atoms with E-state index in [-0.39, 0.29) is 5.95 Å². The number of aliphatic imine (C=N–C) groups is 1. The molecule has 0 atom stereocenters. The van der Waals surface area contributed by atoms with Crippen molar-refractivity contribution in [2.75, 3.05) is 0 Å². The molecule has 2 aromatic rings. The number of aromatic amines is 1. The number of H-pyrrole nitrogens is 1. The van der Waals surface area contributed by atoms with Crippen LogP contribution in [0, 0.1) is 0 Å². The zero-order valence-corrected chi connectivity index (χ0v) is 8.24. The Morgan fingerprint density at radius 1 is 1.31 bits per heavy atom. The largest absolute Gasteiger partial charge is 0.859 e. The van der Waals surface area contributed by atoms with Gasteiger partial charge in [-0.3, -0.25) is 0 Å². The molecule has 1 N–H and O–H groups in total. The lowest BCUT2D eigenvalue weighted by atomic mass is 10.2. The molecule has 0 bridgehead atoms. The Balaban J connectivity index is 2.08. The Labute approximate surface area is 91.4 Å². The topological polar surface area (TPSA) is 89.9 Å². The Bertz CT molecular complexity index is 489. The lowest BCUT2D eigenvalue weighted by molar-refractivity contribution is -0.211. The minimum Gasteiger partial charge on any atom is -0.859 e. The molecule has 1 aromatic heterocycles. The summed E-state index contributed by atoms with van der Waals surface area (Å²) in [5.41, 5.74) is 0.930. The summed E-state index contributed by atoms with van der Waals surface area (Å²) in [6.45, 7) is 0. The predicted molar refractivity (Wildman–Crippen MR) is 56.7 cm³/mol. The van der Waals surface area contributed by atoms with E-state index in [4.69, 9.17) is 0 Å². The third kappa shape index (κ3) is 2.74. The molecule has 6 heteroatoms. The number of nitrogens with one attached hydrogen (secondary N) is 1. The zero-order valence-electron chi connectivity index (χ0n) is 8.24. The van der Waals surface area contributed by atoms with Crippen LogP contribution in [0.1, 0.15) is 5.56 Å². The summed E-state index contributed by atoms with van der Waals surface area (Å²) >= 11 is 0. The molecule has 0 aliphatic carbocycles. The molecule has 0 radical (unpaired) electrons. The Hall–Kier alpha value is -2.50. The van der Waals surface area contributed by atoms with Crippen LogP contribution in [-0.2, 0) is 0 Å². The van der Waals surface area contributed by atoms with Crippen LogP contribution in [0.3, 0.4) is 0 Å². The fraction of sp³-hybridized carbons (Fsp3) is 0. The summed E-state index contributed by atoms with van der Waals surface area (Å²) in [4.78, 5) is 3.59. The third-order valence-electron chi connectivity index (χ3n) is 1.76. The van der Waals surface area contributed by atoms with Crippen molar-refractivity contribution < 1.29 is 5.11 Å². The first-order valence-electron chi connectivity index (χ1n) is 4.57. The highest BCUT2D eigenvalue weighted by Gasteiger charge is 1.90. The van der Waals surface area contributed by atoms with Crippen molar-refractivity contribution >= 4 is 17.9 Å². The van der Waals surface area contributed by atoms with Crippen LogP contribution in [0.25, 0.3) is 6.08 Å². The fourth-order valence-electron chi connectivity index (χ4n) is 1.07. The highest BCUT2D eigenvalue weighted by molar-refractivity contribution is 5.89. The first-order chi connectivity index (χ1) is 7.84. The SMILES string of the molecule is [O-]C(/C=C/c1ccccc1)=Nc1nn[nH]n1. The van der Waals surface area contributed by atoms with Crippen LogP contribution in [-0.4, -0.2) is 26.5 Å². The Morgan fingerprint density at radius 2 is 2.12 bits per heavy atom. The molecular formula is C10H8N5O-. The van der Waals surface area contributed by atoms with Gasteiger partial charge in [-0.2, -0.15) is 5.21 Å². The van der Waals surface area contributed by atoms with E-state index in [0.29, 0.717) is 0 Å². The number of aromatic nitrogens is 4. The van der Waals surface area contributed by atoms with Crippen LogP contribution in [0.5, 0.6) is 0 Å². The lowest BCUT2D eigenvalue weighted by Gasteiger charge is -2.01. The molecule has 0 spiro atoms. The van der Waals surface area contributed by atoms with Gasteiger partial charge in [0, 0.05) is 0 Å². The van der Waals surface area contributed by atoms with Crippen molar-refractivity contribution in [3.63, 3.8) is 0 Å². The summed E-state index contributed by atoms with van der Waals surface area (Å²) in [5, 5.41) is 23.9. The molecule has 80 valence electrons. The van der Waals surface area contributed by atoms with E-state index in [9.17, 15) is 5.11 Å². The number of hydrogen-bond acceptors (Lipinski definition) is 5. The third-order valence-corrected chi connectivity index (χ3v) is 1.76. The minimum absolute atomic E-state index is 0.0303. The number of rotatable bonds is 3. The van der Waals surface area contributed by atoms with Gasteiger partial charge in [-0.05, 0) is 16.7 Å². The van der Waals surface area contributed by atoms with Crippen LogP contribution in [0.15, 0.2) is 41.4 Å². The van der Waals surface area contributed by atoms with Gasteiger partial charge < -0.3 is 5.11 Å². The maximum Gasteiger partial charge on any atom is 0.288 e. The first-order valence-corrected chi connectivity index (χ1v) is 4.57. The molecule has 1 aromatic carbocycles. The quantitative estimate of drug-likeness (QED) is 0.587. The number of nitrogens with zero attached hydrogens (tertiary/aromatic N) is 4. The molecule has 0 fully saturated rings. The van der Waals surface area contributed by atoms with E-state index in [0.717, 1.165) is 5.56 Å². The molecule has 6 nitrogen and oxygen atoms in total. The van der Waals surface area contributed by atoms with E-state index < -0.39 is 5.90 Å². The smallest absolute Gasteiger partial charge is 0.288 e. The van der Waals surface area contributed by atoms with Crippen molar-refractivity contribution in [2.45, 2.75) is 0 Å². The summed E-state index contributed by atoms with van der Waals surface area (Å²) in [5.74, 6) is -0.395. The normalized spacial score (nSPS) is 12.1. The second-order valence-electron chi connectivity index (χ2n) is 2.91. The predicted octanol–water partition coefficient (Wildman–Crippen LogP) is 0.303. The van der Waals surface area contributed by atoms with E-state index in [1.807, 2.05) is 30.3 Å². The van der Waals surface area contributed by atoms with Gasteiger partial charge in [0.25, 0.3) is 5.95 Å². The fourth-order valence-corrected chi connectivity index (χ4v) is 1.07. The van der Waals surface area contributed by atoms with Gasteiger partial charge in [-0.25, -0.2) is 4.99 Å². The zero-order chi connectivity index (χ0) is 11.2. The molecule has 0 aliphatic heterocycles. The highest BCUT2D eigenvalue weighted by Crippen LogP contribution is 2.02. The Morgan fingerprint density at radius 3 is 2.81 bits per heavy atom. The highest BCUT2D eigenvalue weighted by atomic mass is 16.3. The van der Waals surface area contributed by atoms with Gasteiger partial charge in [0.2, 0.25) is 0 Å². The summed E-state index contributed by atoms with van der Waals surface area (Å²) in [6.07, 6.45) is 3.03. The van der Waals surface area contributed by atoms with Crippen LogP contribution in [0.4, 0.5) is 5.95 Å². The molecule has 1 heterocycles. The van der Waals surface area contributed by atoms with Crippen molar-refractivity contribution in [3.8, 4) is 0 Å². The summed E-state index contributed by atoms with van der Waals surface area (Å²) < 4.78 is 0. The van der Waals surface area contributed by atoms with Gasteiger partial charge in [0.15, 0.2) is 0 Å². The van der Waals surface area contributed by atoms with Gasteiger partial charge in [0.1, 0.15) is 0 Å². The maximum atomic E-state index is 11.3. The molecule has 2 rings (SSSR count). The summed E-state index contributed by atoms with van der Waals surface area (Å²) in [7, 11) is 0. The lowest BCUT2D eigenvalue weighted by Crippen LogP contribution is -2.13. The number of hydrogen-bond donors (Lipinski definition) is 1. The van der Waals surface area contributed by atoms with Crippen molar-refractivity contribution in [1.29, 1.82) is 0 Å². The number of benzene rings is 1. The van der Waals surface area contributed by atoms with Gasteiger partial charge in [-0.15, -0.1) is 5.10 Å². The van der Waals surface area contributed by atoms with E-state index in [1.54, 1.807) is 6.08 Å². The van der Waals surface area contributed by atoms with E-state index >= 15 is 0 Å². The Kier molecular flexibility index (Phi) is 3.03. The molecule has 0 amide bonds. The average Bonchev–Trinajstić information content (AvgIpc) is 2.81. The second kappa shape index (κ2) is 4.83. The standard InChI is InChI=1S/C10H9N5O/c16-9(11-10-12-14-15-13-10)7-6-8-4-2-1-3-5-8/h1-7H,(H2,11,12,13,14,15,16)/p-1/b7-6+. The second-order valence-corrected chi connectivity index (χ2v) is 2.91. The number of tetrazole rings is 1. The van der Waals surface area contributed by atoms with Gasteiger partial charge in [0.05, 0.1) is 0 Å².